The molecule has 1 fully saturated rings. The highest BCUT2D eigenvalue weighted by Crippen LogP contribution is 2.28. The van der Waals surface area contributed by atoms with Crippen molar-refractivity contribution >= 4 is 28.0 Å². The number of hydrogen-bond donors (Lipinski definition) is 2. The van der Waals surface area contributed by atoms with Crippen LogP contribution in [-0.4, -0.2) is 49.9 Å². The zero-order chi connectivity index (χ0) is 20.1. The Morgan fingerprint density at radius 2 is 2.24 bits per heavy atom. The number of benzene rings is 1. The van der Waals surface area contributed by atoms with Crippen LogP contribution in [0.25, 0.3) is 33.5 Å². The van der Waals surface area contributed by atoms with Crippen molar-refractivity contribution in [2.45, 2.75) is 13.0 Å². The van der Waals surface area contributed by atoms with Gasteiger partial charge < -0.3 is 15.0 Å². The number of carbonyl (C=O) groups excluding carboxylic acids is 1. The summed E-state index contributed by atoms with van der Waals surface area (Å²) in [5.41, 5.74) is 3.18. The van der Waals surface area contributed by atoms with Crippen LogP contribution in [0.15, 0.2) is 30.6 Å². The van der Waals surface area contributed by atoms with Crippen LogP contribution in [0, 0.1) is 11.7 Å². The lowest BCUT2D eigenvalue weighted by atomic mass is 9.99. The van der Waals surface area contributed by atoms with E-state index in [0.29, 0.717) is 52.8 Å². The van der Waals surface area contributed by atoms with Gasteiger partial charge in [0.1, 0.15) is 22.7 Å². The zero-order valence-electron chi connectivity index (χ0n) is 15.9. The molecule has 1 atom stereocenters. The topological polar surface area (TPSA) is 97.7 Å². The van der Waals surface area contributed by atoms with Gasteiger partial charge in [-0.1, -0.05) is 0 Å². The van der Waals surface area contributed by atoms with Gasteiger partial charge in [-0.25, -0.2) is 14.4 Å². The predicted octanol–water partition coefficient (Wildman–Crippen LogP) is 2.42. The van der Waals surface area contributed by atoms with E-state index in [4.69, 9.17) is 4.74 Å². The molecule has 2 N–H and O–H groups in total. The predicted molar refractivity (Wildman–Crippen MR) is 105 cm³/mol. The highest BCUT2D eigenvalue weighted by molar-refractivity contribution is 6.05. The van der Waals surface area contributed by atoms with Gasteiger partial charge in [0.2, 0.25) is 0 Å². The quantitative estimate of drug-likeness (QED) is 0.554. The lowest BCUT2D eigenvalue weighted by Crippen LogP contribution is -2.46. The molecule has 0 unspecified atom stereocenters. The summed E-state index contributed by atoms with van der Waals surface area (Å²) >= 11 is 0. The maximum absolute atomic E-state index is 13.6. The summed E-state index contributed by atoms with van der Waals surface area (Å²) in [7, 11) is 1.75. The molecule has 4 aromatic rings. The van der Waals surface area contributed by atoms with Gasteiger partial charge in [0, 0.05) is 30.6 Å². The molecule has 1 aliphatic heterocycles. The van der Waals surface area contributed by atoms with Crippen molar-refractivity contribution < 1.29 is 13.9 Å². The van der Waals surface area contributed by atoms with Gasteiger partial charge in [-0.3, -0.25) is 9.48 Å². The van der Waals surface area contributed by atoms with Gasteiger partial charge in [0.15, 0.2) is 5.65 Å². The standard InChI is InChI=1S/C20H19FN6O2/c1-10(11-8-29-9-11)24-20(28)14-6-22-19-18(14)25-15(7-23-19)17-13-4-3-12(21)5-16(13)27(2)26-17/h3-7,10-11H,8-9H2,1-2H3,(H,22,23)(H,24,28)/t10-/m1/s1. The fourth-order valence-corrected chi connectivity index (χ4v) is 3.54. The summed E-state index contributed by atoms with van der Waals surface area (Å²) in [6.45, 7) is 3.29. The van der Waals surface area contributed by atoms with Crippen LogP contribution >= 0.6 is 0 Å². The Labute approximate surface area is 165 Å². The van der Waals surface area contributed by atoms with Crippen LogP contribution in [0.4, 0.5) is 4.39 Å². The van der Waals surface area contributed by atoms with Crippen LogP contribution in [0.2, 0.25) is 0 Å². The SMILES string of the molecule is C[C@@H](NC(=O)c1c[nH]c2ncc(-c3nn(C)c4cc(F)ccc34)nc12)C1COC1. The lowest BCUT2D eigenvalue weighted by molar-refractivity contribution is -0.0452. The van der Waals surface area contributed by atoms with Gasteiger partial charge in [0.25, 0.3) is 5.91 Å². The van der Waals surface area contributed by atoms with E-state index in [0.717, 1.165) is 5.39 Å². The summed E-state index contributed by atoms with van der Waals surface area (Å²) < 4.78 is 20.4. The first-order valence-corrected chi connectivity index (χ1v) is 9.36. The number of halogens is 1. The fourth-order valence-electron chi connectivity index (χ4n) is 3.54. The number of amides is 1. The van der Waals surface area contributed by atoms with Crippen molar-refractivity contribution in [3.8, 4) is 11.4 Å². The Hall–Kier alpha value is -3.33. The number of hydrogen-bond acceptors (Lipinski definition) is 5. The van der Waals surface area contributed by atoms with Crippen LogP contribution < -0.4 is 5.32 Å². The van der Waals surface area contributed by atoms with Crippen LogP contribution in [0.5, 0.6) is 0 Å². The van der Waals surface area contributed by atoms with Crippen LogP contribution in [0.3, 0.4) is 0 Å². The molecule has 29 heavy (non-hydrogen) atoms. The van der Waals surface area contributed by atoms with Crippen LogP contribution in [-0.2, 0) is 11.8 Å². The summed E-state index contributed by atoms with van der Waals surface area (Å²) in [6.07, 6.45) is 3.21. The van der Waals surface area contributed by atoms with Crippen molar-refractivity contribution in [1.82, 2.24) is 30.0 Å². The smallest absolute Gasteiger partial charge is 0.255 e. The number of aromatic nitrogens is 5. The first kappa shape index (κ1) is 17.7. The molecule has 3 aromatic heterocycles. The second-order valence-corrected chi connectivity index (χ2v) is 7.35. The zero-order valence-corrected chi connectivity index (χ0v) is 15.9. The number of nitrogens with one attached hydrogen (secondary N) is 2. The molecule has 5 rings (SSSR count). The van der Waals surface area contributed by atoms with Crippen molar-refractivity contribution in [2.75, 3.05) is 13.2 Å². The Morgan fingerprint density at radius 1 is 1.41 bits per heavy atom. The van der Waals surface area contributed by atoms with E-state index in [1.807, 2.05) is 6.92 Å². The Balaban J connectivity index is 1.54. The van der Waals surface area contributed by atoms with Gasteiger partial charge >= 0.3 is 0 Å². The molecule has 1 amide bonds. The molecule has 148 valence electrons. The lowest BCUT2D eigenvalue weighted by Gasteiger charge is -2.31. The molecule has 0 radical (unpaired) electrons. The molecule has 0 spiro atoms. The molecule has 0 saturated carbocycles. The monoisotopic (exact) mass is 394 g/mol. The number of rotatable bonds is 4. The maximum Gasteiger partial charge on any atom is 0.255 e. The van der Waals surface area contributed by atoms with E-state index in [1.165, 1.54) is 12.1 Å². The van der Waals surface area contributed by atoms with Crippen molar-refractivity contribution in [1.29, 1.82) is 0 Å². The third-order valence-corrected chi connectivity index (χ3v) is 5.41. The third kappa shape index (κ3) is 2.94. The van der Waals surface area contributed by atoms with E-state index < -0.39 is 0 Å². The minimum Gasteiger partial charge on any atom is -0.381 e. The molecular weight excluding hydrogens is 375 g/mol. The second kappa shape index (κ2) is 6.63. The Kier molecular flexibility index (Phi) is 4.06. The molecule has 8 nitrogen and oxygen atoms in total. The Morgan fingerprint density at radius 3 is 3.00 bits per heavy atom. The van der Waals surface area contributed by atoms with E-state index in [9.17, 15) is 9.18 Å². The van der Waals surface area contributed by atoms with Crippen molar-refractivity contribution in [3.63, 3.8) is 0 Å². The van der Waals surface area contributed by atoms with Gasteiger partial charge in [-0.15, -0.1) is 0 Å². The average Bonchev–Trinajstić information content (AvgIpc) is 3.21. The molecular formula is C20H19FN6O2. The highest BCUT2D eigenvalue weighted by atomic mass is 19.1. The number of aromatic amines is 1. The minimum absolute atomic E-state index is 0.00646. The maximum atomic E-state index is 13.6. The third-order valence-electron chi connectivity index (χ3n) is 5.41. The summed E-state index contributed by atoms with van der Waals surface area (Å²) in [4.78, 5) is 24.8. The number of carbonyl (C=O) groups is 1. The molecule has 0 bridgehead atoms. The largest absolute Gasteiger partial charge is 0.381 e. The molecule has 4 heterocycles. The summed E-state index contributed by atoms with van der Waals surface area (Å²) in [5.74, 6) is -0.217. The first-order valence-electron chi connectivity index (χ1n) is 9.36. The van der Waals surface area contributed by atoms with Gasteiger partial charge in [-0.2, -0.15) is 5.10 Å². The average molecular weight is 394 g/mol. The Bertz CT molecular complexity index is 1240. The summed E-state index contributed by atoms with van der Waals surface area (Å²) in [6, 6.07) is 4.50. The molecule has 0 aliphatic carbocycles. The molecule has 9 heteroatoms. The number of fused-ring (bicyclic) bond motifs is 2. The highest BCUT2D eigenvalue weighted by Gasteiger charge is 2.27. The number of aryl methyl sites for hydroxylation is 1. The van der Waals surface area contributed by atoms with E-state index in [2.05, 4.69) is 25.4 Å². The fraction of sp³-hybridized carbons (Fsp3) is 0.300. The second-order valence-electron chi connectivity index (χ2n) is 7.35. The number of nitrogens with zero attached hydrogens (tertiary/aromatic N) is 4. The first-order chi connectivity index (χ1) is 14.0. The van der Waals surface area contributed by atoms with E-state index in [-0.39, 0.29) is 17.8 Å². The number of ether oxygens (including phenoxy) is 1. The van der Waals surface area contributed by atoms with E-state index in [1.54, 1.807) is 30.2 Å². The molecule has 1 saturated heterocycles. The molecule has 1 aliphatic rings. The number of H-pyrrole nitrogens is 1. The van der Waals surface area contributed by atoms with Gasteiger partial charge in [-0.05, 0) is 25.1 Å². The molecule has 1 aromatic carbocycles. The van der Waals surface area contributed by atoms with E-state index >= 15 is 0 Å². The minimum atomic E-state index is -0.329. The van der Waals surface area contributed by atoms with Gasteiger partial charge in [0.05, 0.1) is 30.5 Å². The summed E-state index contributed by atoms with van der Waals surface area (Å²) in [5, 5.41) is 8.25. The van der Waals surface area contributed by atoms with Crippen LogP contribution in [0.1, 0.15) is 17.3 Å². The van der Waals surface area contributed by atoms with Crippen molar-refractivity contribution in [3.05, 3.63) is 42.0 Å². The normalized spacial score (nSPS) is 15.6. The van der Waals surface area contributed by atoms with Crippen molar-refractivity contribution in [2.24, 2.45) is 13.0 Å².